The molecule has 1 aliphatic rings. The summed E-state index contributed by atoms with van der Waals surface area (Å²) < 4.78 is 26.8. The van der Waals surface area contributed by atoms with E-state index in [1.54, 1.807) is 24.7 Å². The highest BCUT2D eigenvalue weighted by Crippen LogP contribution is 2.13. The van der Waals surface area contributed by atoms with Crippen molar-refractivity contribution in [1.29, 1.82) is 0 Å². The first kappa shape index (κ1) is 16.3. The Morgan fingerprint density at radius 2 is 2.00 bits per heavy atom. The summed E-state index contributed by atoms with van der Waals surface area (Å²) in [5, 5.41) is 2.59. The van der Waals surface area contributed by atoms with Gasteiger partial charge in [-0.1, -0.05) is 0 Å². The molecular formula is C14H19N4O3S+. The van der Waals surface area contributed by atoms with E-state index in [0.29, 0.717) is 18.7 Å². The molecule has 0 aromatic heterocycles. The molecule has 0 bridgehead atoms. The first-order chi connectivity index (χ1) is 10.5. The summed E-state index contributed by atoms with van der Waals surface area (Å²) in [5.74, 6) is -0.198. The van der Waals surface area contributed by atoms with E-state index < -0.39 is 10.0 Å². The molecule has 7 nitrogen and oxygen atoms in total. The van der Waals surface area contributed by atoms with Crippen molar-refractivity contribution in [1.82, 2.24) is 4.72 Å². The van der Waals surface area contributed by atoms with Crippen molar-refractivity contribution >= 4 is 28.0 Å². The molecule has 0 saturated heterocycles. The molecule has 1 aromatic carbocycles. The summed E-state index contributed by atoms with van der Waals surface area (Å²) in [5.41, 5.74) is 0.565. The topological polar surface area (TPSA) is 92.1 Å². The zero-order chi connectivity index (χ0) is 16.0. The Kier molecular flexibility index (Phi) is 5.42. The normalized spacial score (nSPS) is 16.9. The minimum Gasteiger partial charge on any atom is -0.326 e. The Hall–Kier alpha value is -2.03. The van der Waals surface area contributed by atoms with E-state index in [-0.39, 0.29) is 10.8 Å². The lowest BCUT2D eigenvalue weighted by molar-refractivity contribution is -0.736. The Balaban J connectivity index is 1.85. The number of hydrogen-bond donors (Lipinski definition) is 3. The van der Waals surface area contributed by atoms with Crippen LogP contribution in [0.1, 0.15) is 13.3 Å². The maximum Gasteiger partial charge on any atom is 0.240 e. The van der Waals surface area contributed by atoms with Crippen molar-refractivity contribution in [3.63, 3.8) is 0 Å². The predicted molar refractivity (Wildman–Crippen MR) is 84.0 cm³/mol. The SMILES string of the molecule is CC(=O)Nc1ccc(S(=O)(=O)NCCC[NH+]2C=CN=C2)cc1. The molecule has 0 aliphatic carbocycles. The third-order valence-corrected chi connectivity index (χ3v) is 4.51. The average Bonchev–Trinajstić information content (AvgIpc) is 2.97. The molecule has 0 fully saturated rings. The lowest BCUT2D eigenvalue weighted by Gasteiger charge is -2.09. The molecule has 1 aromatic rings. The van der Waals surface area contributed by atoms with Gasteiger partial charge < -0.3 is 5.32 Å². The lowest BCUT2D eigenvalue weighted by atomic mass is 10.3. The van der Waals surface area contributed by atoms with E-state index in [9.17, 15) is 13.2 Å². The smallest absolute Gasteiger partial charge is 0.240 e. The van der Waals surface area contributed by atoms with E-state index in [2.05, 4.69) is 15.0 Å². The van der Waals surface area contributed by atoms with Gasteiger partial charge in [-0.3, -0.25) is 9.69 Å². The minimum atomic E-state index is -3.52. The van der Waals surface area contributed by atoms with Crippen LogP contribution < -0.4 is 14.9 Å². The van der Waals surface area contributed by atoms with Gasteiger partial charge >= 0.3 is 0 Å². The number of amides is 1. The molecule has 22 heavy (non-hydrogen) atoms. The second-order valence-electron chi connectivity index (χ2n) is 4.88. The van der Waals surface area contributed by atoms with Crippen LogP contribution in [0.5, 0.6) is 0 Å². The average molecular weight is 323 g/mol. The van der Waals surface area contributed by atoms with E-state index in [0.717, 1.165) is 11.4 Å². The number of benzene rings is 1. The lowest BCUT2D eigenvalue weighted by Crippen LogP contribution is -3.05. The van der Waals surface area contributed by atoms with Crippen molar-refractivity contribution < 1.29 is 18.1 Å². The fourth-order valence-electron chi connectivity index (χ4n) is 1.97. The van der Waals surface area contributed by atoms with Crippen LogP contribution in [-0.2, 0) is 14.8 Å². The molecular weight excluding hydrogens is 304 g/mol. The van der Waals surface area contributed by atoms with Gasteiger partial charge in [0.25, 0.3) is 0 Å². The number of aliphatic imine (C=N–C) groups is 1. The molecule has 3 N–H and O–H groups in total. The van der Waals surface area contributed by atoms with Gasteiger partial charge in [0.05, 0.1) is 17.6 Å². The second-order valence-corrected chi connectivity index (χ2v) is 6.64. The highest BCUT2D eigenvalue weighted by Gasteiger charge is 2.14. The van der Waals surface area contributed by atoms with Crippen molar-refractivity contribution in [3.05, 3.63) is 36.7 Å². The second kappa shape index (κ2) is 7.30. The van der Waals surface area contributed by atoms with Gasteiger partial charge in [0.15, 0.2) is 6.34 Å². The minimum absolute atomic E-state index is 0.177. The van der Waals surface area contributed by atoms with Gasteiger partial charge in [-0.25, -0.2) is 18.1 Å². The van der Waals surface area contributed by atoms with Crippen molar-refractivity contribution in [2.24, 2.45) is 4.99 Å². The third kappa shape index (κ3) is 4.76. The number of sulfonamides is 1. The predicted octanol–water partition coefficient (Wildman–Crippen LogP) is -0.289. The maximum absolute atomic E-state index is 12.1. The van der Waals surface area contributed by atoms with Crippen LogP contribution in [0.3, 0.4) is 0 Å². The van der Waals surface area contributed by atoms with Gasteiger partial charge in [-0.2, -0.15) is 0 Å². The zero-order valence-electron chi connectivity index (χ0n) is 12.2. The summed E-state index contributed by atoms with van der Waals surface area (Å²) in [6.45, 7) is 2.54. The van der Waals surface area contributed by atoms with Crippen molar-refractivity contribution in [3.8, 4) is 0 Å². The van der Waals surface area contributed by atoms with Crippen LogP contribution in [-0.4, -0.2) is 33.8 Å². The number of quaternary nitrogens is 1. The summed E-state index contributed by atoms with van der Waals surface area (Å²) in [6.07, 6.45) is 6.11. The Morgan fingerprint density at radius 3 is 2.59 bits per heavy atom. The quantitative estimate of drug-likeness (QED) is 0.602. The summed E-state index contributed by atoms with van der Waals surface area (Å²) in [6, 6.07) is 6.06. The first-order valence-electron chi connectivity index (χ1n) is 6.90. The molecule has 1 heterocycles. The molecule has 0 saturated carbocycles. The van der Waals surface area contributed by atoms with Crippen LogP contribution in [0.2, 0.25) is 0 Å². The molecule has 0 spiro atoms. The number of carbonyl (C=O) groups is 1. The highest BCUT2D eigenvalue weighted by molar-refractivity contribution is 7.89. The molecule has 1 unspecified atom stereocenters. The molecule has 8 heteroatoms. The fraction of sp³-hybridized carbons (Fsp3) is 0.286. The number of nitrogens with one attached hydrogen (secondary N) is 3. The van der Waals surface area contributed by atoms with Gasteiger partial charge in [0.2, 0.25) is 15.9 Å². The van der Waals surface area contributed by atoms with E-state index in [1.807, 2.05) is 6.20 Å². The number of rotatable bonds is 7. The Bertz CT molecular complexity index is 669. The summed E-state index contributed by atoms with van der Waals surface area (Å²) in [4.78, 5) is 16.2. The molecule has 1 aliphatic heterocycles. The highest BCUT2D eigenvalue weighted by atomic mass is 32.2. The first-order valence-corrected chi connectivity index (χ1v) is 8.38. The summed E-state index contributed by atoms with van der Waals surface area (Å²) >= 11 is 0. The van der Waals surface area contributed by atoms with Gasteiger partial charge in [0.1, 0.15) is 6.20 Å². The molecule has 2 rings (SSSR count). The van der Waals surface area contributed by atoms with E-state index in [1.165, 1.54) is 19.1 Å². The van der Waals surface area contributed by atoms with E-state index >= 15 is 0 Å². The van der Waals surface area contributed by atoms with Crippen LogP contribution in [0.4, 0.5) is 5.69 Å². The molecule has 0 radical (unpaired) electrons. The zero-order valence-corrected chi connectivity index (χ0v) is 13.1. The standard InChI is InChI=1S/C14H18N4O3S/c1-12(19)17-13-3-5-14(6-4-13)22(20,21)16-7-2-9-18-10-8-15-11-18/h3-6,8,10-11,16H,2,7,9H2,1H3,(H,17,19)/p+1. The third-order valence-electron chi connectivity index (χ3n) is 3.03. The number of anilines is 1. The van der Waals surface area contributed by atoms with Crippen molar-refractivity contribution in [2.75, 3.05) is 18.4 Å². The number of hydrogen-bond acceptors (Lipinski definition) is 4. The van der Waals surface area contributed by atoms with Crippen LogP contribution in [0, 0.1) is 0 Å². The Labute approximate surface area is 129 Å². The summed E-state index contributed by atoms with van der Waals surface area (Å²) in [7, 11) is -3.52. The van der Waals surface area contributed by atoms with Crippen LogP contribution >= 0.6 is 0 Å². The van der Waals surface area contributed by atoms with Crippen molar-refractivity contribution in [2.45, 2.75) is 18.2 Å². The van der Waals surface area contributed by atoms with Gasteiger partial charge in [-0.05, 0) is 24.3 Å². The monoisotopic (exact) mass is 323 g/mol. The Morgan fingerprint density at radius 1 is 1.27 bits per heavy atom. The fourth-order valence-corrected chi connectivity index (χ4v) is 3.05. The van der Waals surface area contributed by atoms with Crippen LogP contribution in [0.15, 0.2) is 46.6 Å². The maximum atomic E-state index is 12.1. The van der Waals surface area contributed by atoms with E-state index in [4.69, 9.17) is 0 Å². The number of carbonyl (C=O) groups excluding carboxylic acids is 1. The van der Waals surface area contributed by atoms with Gasteiger partial charge in [-0.15, -0.1) is 0 Å². The van der Waals surface area contributed by atoms with Crippen LogP contribution in [0.25, 0.3) is 0 Å². The van der Waals surface area contributed by atoms with Gasteiger partial charge in [0, 0.05) is 25.6 Å². The number of nitrogens with zero attached hydrogens (tertiary/aromatic N) is 1. The largest absolute Gasteiger partial charge is 0.326 e. The molecule has 1 atom stereocenters. The molecule has 1 amide bonds. The molecule has 118 valence electrons.